The van der Waals surface area contributed by atoms with Gasteiger partial charge in [0.2, 0.25) is 0 Å². The lowest BCUT2D eigenvalue weighted by Gasteiger charge is -2.13. The number of hydrogen-bond acceptors (Lipinski definition) is 5. The third-order valence-corrected chi connectivity index (χ3v) is 6.41. The molecule has 0 aliphatic heterocycles. The third-order valence-electron chi connectivity index (χ3n) is 6.41. The van der Waals surface area contributed by atoms with Crippen LogP contribution in [0.25, 0.3) is 0 Å². The fraction of sp³-hybridized carbons (Fsp3) is 0.226. The van der Waals surface area contributed by atoms with Crippen LogP contribution < -0.4 is 42.8 Å². The Morgan fingerprint density at radius 2 is 1.11 bits per heavy atom. The second-order valence-electron chi connectivity index (χ2n) is 9.23. The van der Waals surface area contributed by atoms with Gasteiger partial charge in [0.25, 0.3) is 0 Å². The molecule has 0 aliphatic rings. The fourth-order valence-electron chi connectivity index (χ4n) is 4.41. The topological polar surface area (TPSA) is 79.7 Å². The Kier molecular flexibility index (Phi) is 10.9. The van der Waals surface area contributed by atoms with Crippen LogP contribution in [0.15, 0.2) is 97.1 Å². The van der Waals surface area contributed by atoms with Crippen LogP contribution in [-0.4, -0.2) is 47.5 Å². The summed E-state index contributed by atoms with van der Waals surface area (Å²) in [6.07, 6.45) is 0.869. The van der Waals surface area contributed by atoms with Crippen molar-refractivity contribution in [2.45, 2.75) is 13.0 Å². The van der Waals surface area contributed by atoms with Crippen LogP contribution in [0.2, 0.25) is 0 Å². The maximum atomic E-state index is 6.10. The highest BCUT2D eigenvalue weighted by molar-refractivity contribution is 6.68. The van der Waals surface area contributed by atoms with Crippen LogP contribution in [0.5, 0.6) is 11.5 Å². The van der Waals surface area contributed by atoms with E-state index < -0.39 is 0 Å². The molecule has 0 amide bonds. The van der Waals surface area contributed by atoms with E-state index in [9.17, 15) is 0 Å². The molecule has 0 radical (unpaired) electrons. The molecule has 0 unspecified atom stereocenters. The zero-order valence-corrected chi connectivity index (χ0v) is 22.0. The van der Waals surface area contributed by atoms with Crippen molar-refractivity contribution in [3.05, 3.63) is 108 Å². The van der Waals surface area contributed by atoms with Gasteiger partial charge in [-0.15, -0.1) is 0 Å². The maximum absolute atomic E-state index is 6.10. The van der Waals surface area contributed by atoms with Gasteiger partial charge in [-0.2, -0.15) is 0 Å². The zero-order chi connectivity index (χ0) is 26.4. The van der Waals surface area contributed by atoms with Crippen molar-refractivity contribution in [1.82, 2.24) is 0 Å². The standard InChI is InChI=1S/C31H36B2N2O3/c34-18-21-37-30-11-5-3-9-28(30)32-26-15-13-24(14-16-26)17-20-36-23-25-7-1-2-8-27(25)33-29-10-4-6-12-31(29)38-22-19-35/h1-16,32-33H,17-23,34-35H2. The van der Waals surface area contributed by atoms with Gasteiger partial charge in [-0.05, 0) is 40.6 Å². The molecular weight excluding hydrogens is 470 g/mol. The molecule has 38 heavy (non-hydrogen) atoms. The summed E-state index contributed by atoms with van der Waals surface area (Å²) in [5, 5.41) is 0. The molecule has 0 aliphatic carbocycles. The predicted octanol–water partition coefficient (Wildman–Crippen LogP) is 0.896. The Balaban J connectivity index is 1.28. The number of rotatable bonds is 15. The lowest BCUT2D eigenvalue weighted by Crippen LogP contribution is -2.31. The van der Waals surface area contributed by atoms with Crippen LogP contribution in [0.4, 0.5) is 0 Å². The Hall–Kier alpha value is -3.51. The van der Waals surface area contributed by atoms with Gasteiger partial charge in [-0.3, -0.25) is 0 Å². The number of ether oxygens (including phenoxy) is 3. The van der Waals surface area contributed by atoms with Gasteiger partial charge in [0.15, 0.2) is 14.6 Å². The molecule has 0 spiro atoms. The van der Waals surface area contributed by atoms with Crippen LogP contribution in [0.3, 0.4) is 0 Å². The smallest absolute Gasteiger partial charge is 0.197 e. The van der Waals surface area contributed by atoms with Crippen molar-refractivity contribution in [1.29, 1.82) is 0 Å². The van der Waals surface area contributed by atoms with Crippen molar-refractivity contribution < 1.29 is 14.2 Å². The molecular formula is C31H36B2N2O3. The summed E-state index contributed by atoms with van der Waals surface area (Å²) in [5.74, 6) is 1.80. The van der Waals surface area contributed by atoms with E-state index in [-0.39, 0.29) is 0 Å². The van der Waals surface area contributed by atoms with Gasteiger partial charge in [0.05, 0.1) is 13.2 Å². The number of nitrogens with two attached hydrogens (primary N) is 2. The summed E-state index contributed by atoms with van der Waals surface area (Å²) >= 11 is 0. The largest absolute Gasteiger partial charge is 0.493 e. The van der Waals surface area contributed by atoms with Crippen LogP contribution >= 0.6 is 0 Å². The van der Waals surface area contributed by atoms with E-state index in [1.807, 2.05) is 36.4 Å². The third kappa shape index (κ3) is 8.25. The molecule has 194 valence electrons. The summed E-state index contributed by atoms with van der Waals surface area (Å²) in [7, 11) is 1.62. The molecule has 0 atom stereocenters. The average molecular weight is 506 g/mol. The number of hydrogen-bond donors (Lipinski definition) is 2. The van der Waals surface area contributed by atoms with Crippen molar-refractivity contribution in [3.8, 4) is 11.5 Å². The van der Waals surface area contributed by atoms with Gasteiger partial charge in [0, 0.05) is 13.1 Å². The van der Waals surface area contributed by atoms with E-state index in [4.69, 9.17) is 25.7 Å². The predicted molar refractivity (Wildman–Crippen MR) is 161 cm³/mol. The first-order chi connectivity index (χ1) is 18.8. The zero-order valence-electron chi connectivity index (χ0n) is 22.0. The summed E-state index contributed by atoms with van der Waals surface area (Å²) in [5.41, 5.74) is 18.5. The normalized spacial score (nSPS) is 10.7. The van der Waals surface area contributed by atoms with E-state index in [2.05, 4.69) is 60.7 Å². The first kappa shape index (κ1) is 27.5. The molecule has 4 aromatic carbocycles. The second-order valence-corrected chi connectivity index (χ2v) is 9.23. The van der Waals surface area contributed by atoms with Crippen molar-refractivity contribution in [3.63, 3.8) is 0 Å². The van der Waals surface area contributed by atoms with Crippen molar-refractivity contribution >= 4 is 36.4 Å². The van der Waals surface area contributed by atoms with Crippen molar-refractivity contribution in [2.75, 3.05) is 32.9 Å². The molecule has 0 bridgehead atoms. The second kappa shape index (κ2) is 15.0. The highest BCUT2D eigenvalue weighted by Gasteiger charge is 2.10. The maximum Gasteiger partial charge on any atom is 0.197 e. The SMILES string of the molecule is NCCOc1ccccc1Bc1ccc(CCOCc2ccccc2Bc2ccccc2OCCN)cc1. The number of benzene rings is 4. The molecule has 0 saturated carbocycles. The van der Waals surface area contributed by atoms with Gasteiger partial charge in [-0.1, -0.05) is 95.9 Å². The first-order valence-corrected chi connectivity index (χ1v) is 13.3. The van der Waals surface area contributed by atoms with E-state index in [0.717, 1.165) is 37.9 Å². The minimum absolute atomic E-state index is 0.500. The van der Waals surface area contributed by atoms with Crippen LogP contribution in [0.1, 0.15) is 11.1 Å². The summed E-state index contributed by atoms with van der Waals surface area (Å²) in [6.45, 7) is 3.30. The molecule has 4 aromatic rings. The Morgan fingerprint density at radius 3 is 1.74 bits per heavy atom. The molecule has 5 nitrogen and oxygen atoms in total. The molecule has 4 rings (SSSR count). The Morgan fingerprint density at radius 1 is 0.553 bits per heavy atom. The van der Waals surface area contributed by atoms with E-state index in [0.29, 0.717) is 39.5 Å². The molecule has 7 heteroatoms. The van der Waals surface area contributed by atoms with Crippen LogP contribution in [-0.2, 0) is 17.8 Å². The van der Waals surface area contributed by atoms with E-state index >= 15 is 0 Å². The van der Waals surface area contributed by atoms with E-state index in [1.54, 1.807) is 0 Å². The number of para-hydroxylation sites is 2. The monoisotopic (exact) mass is 506 g/mol. The quantitative estimate of drug-likeness (QED) is 0.185. The minimum atomic E-state index is 0.500. The van der Waals surface area contributed by atoms with Gasteiger partial charge >= 0.3 is 0 Å². The van der Waals surface area contributed by atoms with Gasteiger partial charge in [0.1, 0.15) is 24.7 Å². The summed E-state index contributed by atoms with van der Waals surface area (Å²) in [6, 6.07) is 33.5. The highest BCUT2D eigenvalue weighted by atomic mass is 16.5. The Labute approximate surface area is 227 Å². The Bertz CT molecular complexity index is 1270. The lowest BCUT2D eigenvalue weighted by atomic mass is 9.62. The van der Waals surface area contributed by atoms with E-state index in [1.165, 1.54) is 27.5 Å². The van der Waals surface area contributed by atoms with Gasteiger partial charge < -0.3 is 25.7 Å². The molecule has 0 saturated heterocycles. The highest BCUT2D eigenvalue weighted by Crippen LogP contribution is 2.08. The molecule has 0 aromatic heterocycles. The fourth-order valence-corrected chi connectivity index (χ4v) is 4.41. The molecule has 4 N–H and O–H groups in total. The first-order valence-electron chi connectivity index (χ1n) is 13.3. The molecule has 0 heterocycles. The average Bonchev–Trinajstić information content (AvgIpc) is 2.96. The molecule has 0 fully saturated rings. The van der Waals surface area contributed by atoms with Gasteiger partial charge in [-0.25, -0.2) is 0 Å². The van der Waals surface area contributed by atoms with Crippen LogP contribution in [0, 0.1) is 0 Å². The van der Waals surface area contributed by atoms with Crippen molar-refractivity contribution in [2.24, 2.45) is 11.5 Å². The summed E-state index contributed by atoms with van der Waals surface area (Å²) < 4.78 is 17.7. The lowest BCUT2D eigenvalue weighted by molar-refractivity contribution is 0.124. The minimum Gasteiger partial charge on any atom is -0.493 e. The summed E-state index contributed by atoms with van der Waals surface area (Å²) in [4.78, 5) is 0.